The van der Waals surface area contributed by atoms with Crippen LogP contribution in [0.5, 0.6) is 0 Å². The van der Waals surface area contributed by atoms with E-state index in [9.17, 15) is 22.8 Å². The Morgan fingerprint density at radius 3 is 2.61 bits per heavy atom. The molecule has 1 atom stereocenters. The molecule has 166 valence electrons. The second kappa shape index (κ2) is 9.98. The molecule has 0 saturated carbocycles. The van der Waals surface area contributed by atoms with Crippen LogP contribution in [0.1, 0.15) is 65.7 Å². The molecule has 2 amide bonds. The van der Waals surface area contributed by atoms with Gasteiger partial charge in [-0.2, -0.15) is 13.2 Å². The van der Waals surface area contributed by atoms with Crippen LogP contribution >= 0.6 is 0 Å². The number of carbonyl (C=O) groups excluding carboxylic acids is 2. The first kappa shape index (κ1) is 22.8. The molecule has 0 fully saturated rings. The molecule has 0 aliphatic heterocycles. The van der Waals surface area contributed by atoms with Crippen molar-refractivity contribution in [3.8, 4) is 0 Å². The van der Waals surface area contributed by atoms with Gasteiger partial charge in [-0.1, -0.05) is 37.3 Å². The molecule has 4 nitrogen and oxygen atoms in total. The lowest BCUT2D eigenvalue weighted by Gasteiger charge is -2.27. The van der Waals surface area contributed by atoms with Gasteiger partial charge in [-0.05, 0) is 55.0 Å². The number of fused-ring (bicyclic) bond motifs is 1. The predicted molar refractivity (Wildman–Crippen MR) is 113 cm³/mol. The predicted octanol–water partition coefficient (Wildman–Crippen LogP) is 5.14. The summed E-state index contributed by atoms with van der Waals surface area (Å²) in [5.41, 5.74) is 1.49. The summed E-state index contributed by atoms with van der Waals surface area (Å²) < 4.78 is 39.0. The first-order chi connectivity index (χ1) is 14.8. The van der Waals surface area contributed by atoms with Crippen LogP contribution in [0, 0.1) is 0 Å². The van der Waals surface area contributed by atoms with Gasteiger partial charge in [0.25, 0.3) is 5.91 Å². The van der Waals surface area contributed by atoms with Gasteiger partial charge in [0.1, 0.15) is 0 Å². The number of amides is 2. The summed E-state index contributed by atoms with van der Waals surface area (Å²) in [7, 11) is 0. The van der Waals surface area contributed by atoms with E-state index in [1.54, 1.807) is 0 Å². The lowest BCUT2D eigenvalue weighted by atomic mass is 9.87. The quantitative estimate of drug-likeness (QED) is 0.659. The van der Waals surface area contributed by atoms with Gasteiger partial charge < -0.3 is 10.2 Å². The number of alkyl halides is 3. The Balaban J connectivity index is 1.63. The standard InChI is InChI=1S/C24H27F3N2O2/c1-2-14-29(23(31)18-9-5-10-19(16-18)24(25,26)27)15-13-22(30)28-21-12-6-8-17-7-3-4-11-20(17)21/h3-5,7,9-11,16,21H,2,6,8,12-15H2,1H3,(H,28,30). The molecule has 0 heterocycles. The average molecular weight is 432 g/mol. The van der Waals surface area contributed by atoms with Gasteiger partial charge in [-0.3, -0.25) is 9.59 Å². The van der Waals surface area contributed by atoms with Crippen LogP contribution in [0.15, 0.2) is 48.5 Å². The van der Waals surface area contributed by atoms with Crippen LogP contribution in [0.2, 0.25) is 0 Å². The summed E-state index contributed by atoms with van der Waals surface area (Å²) in [5.74, 6) is -0.664. The SMILES string of the molecule is CCCN(CCC(=O)NC1CCCc2ccccc21)C(=O)c1cccc(C(F)(F)F)c1. The van der Waals surface area contributed by atoms with Crippen molar-refractivity contribution < 1.29 is 22.8 Å². The van der Waals surface area contributed by atoms with Gasteiger partial charge in [-0.15, -0.1) is 0 Å². The third-order valence-electron chi connectivity index (χ3n) is 5.53. The third kappa shape index (κ3) is 5.87. The summed E-state index contributed by atoms with van der Waals surface area (Å²) >= 11 is 0. The van der Waals surface area contributed by atoms with Crippen LogP contribution in [-0.4, -0.2) is 29.8 Å². The molecule has 3 rings (SSSR count). The maximum Gasteiger partial charge on any atom is 0.416 e. The fourth-order valence-corrected chi connectivity index (χ4v) is 4.00. The maximum absolute atomic E-state index is 13.0. The number of carbonyl (C=O) groups is 2. The Morgan fingerprint density at radius 2 is 1.87 bits per heavy atom. The van der Waals surface area contributed by atoms with E-state index in [-0.39, 0.29) is 30.5 Å². The highest BCUT2D eigenvalue weighted by Gasteiger charge is 2.31. The number of nitrogens with one attached hydrogen (secondary N) is 1. The number of hydrogen-bond donors (Lipinski definition) is 1. The molecular formula is C24H27F3N2O2. The molecule has 2 aromatic carbocycles. The molecule has 31 heavy (non-hydrogen) atoms. The largest absolute Gasteiger partial charge is 0.416 e. The Labute approximate surface area is 180 Å². The van der Waals surface area contributed by atoms with Crippen molar-refractivity contribution in [1.82, 2.24) is 10.2 Å². The molecule has 1 N–H and O–H groups in total. The first-order valence-corrected chi connectivity index (χ1v) is 10.6. The van der Waals surface area contributed by atoms with Gasteiger partial charge in [0.15, 0.2) is 0 Å². The molecule has 0 radical (unpaired) electrons. The van der Waals surface area contributed by atoms with Crippen LogP contribution in [0.3, 0.4) is 0 Å². The smallest absolute Gasteiger partial charge is 0.349 e. The third-order valence-corrected chi connectivity index (χ3v) is 5.53. The Hall–Kier alpha value is -2.83. The minimum atomic E-state index is -4.51. The molecule has 0 saturated heterocycles. The van der Waals surface area contributed by atoms with Crippen LogP contribution < -0.4 is 5.32 Å². The zero-order valence-corrected chi connectivity index (χ0v) is 17.5. The van der Waals surface area contributed by atoms with E-state index < -0.39 is 17.6 Å². The molecular weight excluding hydrogens is 405 g/mol. The molecule has 1 unspecified atom stereocenters. The highest BCUT2D eigenvalue weighted by molar-refractivity contribution is 5.94. The molecule has 1 aliphatic carbocycles. The van der Waals surface area contributed by atoms with Gasteiger partial charge in [0.05, 0.1) is 11.6 Å². The van der Waals surface area contributed by atoms with Gasteiger partial charge in [0.2, 0.25) is 5.91 Å². The van der Waals surface area contributed by atoms with E-state index in [1.165, 1.54) is 22.6 Å². The van der Waals surface area contributed by atoms with Crippen molar-refractivity contribution in [3.63, 3.8) is 0 Å². The molecule has 0 bridgehead atoms. The highest BCUT2D eigenvalue weighted by Crippen LogP contribution is 2.30. The molecule has 0 spiro atoms. The molecule has 2 aromatic rings. The van der Waals surface area contributed by atoms with Crippen molar-refractivity contribution in [2.75, 3.05) is 13.1 Å². The van der Waals surface area contributed by atoms with Crippen LogP contribution in [0.25, 0.3) is 0 Å². The summed E-state index contributed by atoms with van der Waals surface area (Å²) in [6.07, 6.45) is -0.908. The second-order valence-corrected chi connectivity index (χ2v) is 7.83. The number of rotatable bonds is 7. The number of hydrogen-bond acceptors (Lipinski definition) is 2. The van der Waals surface area contributed by atoms with Gasteiger partial charge in [-0.25, -0.2) is 0 Å². The Morgan fingerprint density at radius 1 is 1.10 bits per heavy atom. The zero-order valence-electron chi connectivity index (χ0n) is 17.5. The highest BCUT2D eigenvalue weighted by atomic mass is 19.4. The van der Waals surface area contributed by atoms with E-state index in [4.69, 9.17) is 0 Å². The minimum Gasteiger partial charge on any atom is -0.349 e. The van der Waals surface area contributed by atoms with Gasteiger partial charge >= 0.3 is 6.18 Å². The summed E-state index contributed by atoms with van der Waals surface area (Å²) in [4.78, 5) is 26.8. The fourth-order valence-electron chi connectivity index (χ4n) is 4.00. The minimum absolute atomic E-state index is 0.0232. The van der Waals surface area contributed by atoms with Crippen molar-refractivity contribution in [3.05, 3.63) is 70.8 Å². The van der Waals surface area contributed by atoms with Gasteiger partial charge in [0, 0.05) is 25.1 Å². The summed E-state index contributed by atoms with van der Waals surface area (Å²) in [5, 5.41) is 3.05. The van der Waals surface area contributed by atoms with Crippen molar-refractivity contribution >= 4 is 11.8 Å². The topological polar surface area (TPSA) is 49.4 Å². The van der Waals surface area contributed by atoms with E-state index in [2.05, 4.69) is 11.4 Å². The Bertz CT molecular complexity index is 927. The van der Waals surface area contributed by atoms with E-state index >= 15 is 0 Å². The number of benzene rings is 2. The normalized spacial score (nSPS) is 15.8. The fraction of sp³-hybridized carbons (Fsp3) is 0.417. The number of aryl methyl sites for hydroxylation is 1. The molecule has 1 aliphatic rings. The summed E-state index contributed by atoms with van der Waals surface area (Å²) in [6, 6.07) is 12.4. The van der Waals surface area contributed by atoms with Crippen LogP contribution in [0.4, 0.5) is 13.2 Å². The van der Waals surface area contributed by atoms with Crippen LogP contribution in [-0.2, 0) is 17.4 Å². The van der Waals surface area contributed by atoms with Crippen molar-refractivity contribution in [1.29, 1.82) is 0 Å². The maximum atomic E-state index is 13.0. The van der Waals surface area contributed by atoms with E-state index in [0.29, 0.717) is 13.0 Å². The number of nitrogens with zero attached hydrogens (tertiary/aromatic N) is 1. The number of halogens is 3. The lowest BCUT2D eigenvalue weighted by Crippen LogP contribution is -2.37. The second-order valence-electron chi connectivity index (χ2n) is 7.83. The first-order valence-electron chi connectivity index (χ1n) is 10.6. The summed E-state index contributed by atoms with van der Waals surface area (Å²) in [6.45, 7) is 2.41. The van der Waals surface area contributed by atoms with Crippen molar-refractivity contribution in [2.24, 2.45) is 0 Å². The molecule has 0 aromatic heterocycles. The van der Waals surface area contributed by atoms with Crippen molar-refractivity contribution in [2.45, 2.75) is 51.2 Å². The van der Waals surface area contributed by atoms with E-state index in [0.717, 1.165) is 37.0 Å². The molecule has 7 heteroatoms. The average Bonchev–Trinajstić information content (AvgIpc) is 2.76. The van der Waals surface area contributed by atoms with E-state index in [1.807, 2.05) is 25.1 Å². The lowest BCUT2D eigenvalue weighted by molar-refractivity contribution is -0.137. The zero-order chi connectivity index (χ0) is 22.4. The Kier molecular flexibility index (Phi) is 7.36. The monoisotopic (exact) mass is 432 g/mol.